The maximum absolute atomic E-state index is 13.0. The van der Waals surface area contributed by atoms with Crippen LogP contribution >= 0.6 is 0 Å². The Morgan fingerprint density at radius 1 is 1.06 bits per heavy atom. The lowest BCUT2D eigenvalue weighted by Crippen LogP contribution is -2.53. The summed E-state index contributed by atoms with van der Waals surface area (Å²) >= 11 is 0. The molecule has 0 spiro atoms. The SMILES string of the molecule is COc1ccc(C(C)(C)C)cc1NC(=O)CCCNC(=O)C12CC3CC(CC(C3)C1)C2. The van der Waals surface area contributed by atoms with Gasteiger partial charge >= 0.3 is 0 Å². The number of carbonyl (C=O) groups is 2. The number of nitrogens with one attached hydrogen (secondary N) is 2. The summed E-state index contributed by atoms with van der Waals surface area (Å²) < 4.78 is 5.42. The highest BCUT2D eigenvalue weighted by molar-refractivity contribution is 5.92. The summed E-state index contributed by atoms with van der Waals surface area (Å²) in [5, 5.41) is 6.16. The Morgan fingerprint density at radius 3 is 2.23 bits per heavy atom. The molecule has 0 atom stereocenters. The van der Waals surface area contributed by atoms with Gasteiger partial charge in [-0.3, -0.25) is 9.59 Å². The second-order valence-corrected chi connectivity index (χ2v) is 11.3. The molecule has 0 unspecified atom stereocenters. The number of amides is 2. The van der Waals surface area contributed by atoms with Gasteiger partial charge in [0, 0.05) is 18.4 Å². The van der Waals surface area contributed by atoms with Crippen molar-refractivity contribution < 1.29 is 14.3 Å². The van der Waals surface area contributed by atoms with Crippen molar-refractivity contribution in [2.24, 2.45) is 23.2 Å². The normalized spacial score (nSPS) is 29.0. The molecular formula is C26H38N2O3. The lowest BCUT2D eigenvalue weighted by molar-refractivity contribution is -0.146. The van der Waals surface area contributed by atoms with Crippen molar-refractivity contribution >= 4 is 17.5 Å². The first-order chi connectivity index (χ1) is 14.7. The Labute approximate surface area is 186 Å². The molecule has 1 aromatic carbocycles. The molecule has 5 heteroatoms. The molecule has 170 valence electrons. The number of ether oxygens (including phenoxy) is 1. The van der Waals surface area contributed by atoms with E-state index >= 15 is 0 Å². The third-order valence-electron chi connectivity index (χ3n) is 7.73. The zero-order chi connectivity index (χ0) is 22.2. The average molecular weight is 427 g/mol. The van der Waals surface area contributed by atoms with Gasteiger partial charge in [-0.05, 0) is 85.8 Å². The molecule has 0 saturated heterocycles. The Morgan fingerprint density at radius 2 is 1.68 bits per heavy atom. The van der Waals surface area contributed by atoms with Crippen molar-refractivity contribution in [1.29, 1.82) is 0 Å². The largest absolute Gasteiger partial charge is 0.495 e. The predicted molar refractivity (Wildman–Crippen MR) is 123 cm³/mol. The Bertz CT molecular complexity index is 804. The van der Waals surface area contributed by atoms with Crippen molar-refractivity contribution in [2.45, 2.75) is 77.6 Å². The molecule has 4 saturated carbocycles. The summed E-state index contributed by atoms with van der Waals surface area (Å²) in [6, 6.07) is 5.93. The molecule has 0 radical (unpaired) electrons. The van der Waals surface area contributed by atoms with Crippen LogP contribution in [0.4, 0.5) is 5.69 Å². The molecule has 4 fully saturated rings. The van der Waals surface area contributed by atoms with Crippen LogP contribution in [0.25, 0.3) is 0 Å². The first-order valence-electron chi connectivity index (χ1n) is 12.0. The minimum atomic E-state index is -0.113. The van der Waals surface area contributed by atoms with Crippen molar-refractivity contribution in [1.82, 2.24) is 5.32 Å². The first-order valence-corrected chi connectivity index (χ1v) is 12.0. The lowest BCUT2D eigenvalue weighted by Gasteiger charge is -2.55. The maximum atomic E-state index is 13.0. The number of rotatable bonds is 7. The Balaban J connectivity index is 1.26. The Kier molecular flexibility index (Phi) is 6.06. The minimum Gasteiger partial charge on any atom is -0.495 e. The van der Waals surface area contributed by atoms with Gasteiger partial charge in [-0.2, -0.15) is 0 Å². The van der Waals surface area contributed by atoms with Crippen LogP contribution in [0.2, 0.25) is 0 Å². The van der Waals surface area contributed by atoms with Crippen molar-refractivity contribution in [3.8, 4) is 5.75 Å². The van der Waals surface area contributed by atoms with E-state index in [4.69, 9.17) is 4.74 Å². The third kappa shape index (κ3) is 4.75. The van der Waals surface area contributed by atoms with Gasteiger partial charge in [0.1, 0.15) is 5.75 Å². The molecule has 0 aliphatic heterocycles. The topological polar surface area (TPSA) is 67.4 Å². The molecule has 0 heterocycles. The van der Waals surface area contributed by atoms with Crippen LogP contribution in [-0.2, 0) is 15.0 Å². The smallest absolute Gasteiger partial charge is 0.226 e. The summed E-state index contributed by atoms with van der Waals surface area (Å²) in [6.45, 7) is 7.00. The standard InChI is InChI=1S/C26H38N2O3/c1-25(2,3)20-7-8-22(31-4)21(13-20)28-23(29)6-5-9-27-24(30)26-14-17-10-18(15-26)12-19(11-17)16-26/h7-8,13,17-19H,5-6,9-12,14-16H2,1-4H3,(H,27,30)(H,28,29). The van der Waals surface area contributed by atoms with E-state index in [0.29, 0.717) is 30.8 Å². The van der Waals surface area contributed by atoms with Crippen LogP contribution < -0.4 is 15.4 Å². The van der Waals surface area contributed by atoms with Crippen LogP contribution in [0.5, 0.6) is 5.75 Å². The fourth-order valence-electron chi connectivity index (χ4n) is 6.51. The molecule has 5 nitrogen and oxygen atoms in total. The number of carbonyl (C=O) groups excluding carboxylic acids is 2. The average Bonchev–Trinajstić information content (AvgIpc) is 2.69. The minimum absolute atomic E-state index is 0.00666. The zero-order valence-corrected chi connectivity index (χ0v) is 19.6. The van der Waals surface area contributed by atoms with E-state index in [1.807, 2.05) is 18.2 Å². The fraction of sp³-hybridized carbons (Fsp3) is 0.692. The number of methoxy groups -OCH3 is 1. The quantitative estimate of drug-likeness (QED) is 0.600. The van der Waals surface area contributed by atoms with Crippen molar-refractivity contribution in [2.75, 3.05) is 19.0 Å². The van der Waals surface area contributed by atoms with E-state index in [2.05, 4.69) is 31.4 Å². The molecule has 2 N–H and O–H groups in total. The van der Waals surface area contributed by atoms with E-state index in [1.54, 1.807) is 7.11 Å². The summed E-state index contributed by atoms with van der Waals surface area (Å²) in [5.41, 5.74) is 1.73. The van der Waals surface area contributed by atoms with Crippen LogP contribution in [0, 0.1) is 23.2 Å². The van der Waals surface area contributed by atoms with E-state index in [0.717, 1.165) is 42.6 Å². The second-order valence-electron chi connectivity index (χ2n) is 11.3. The van der Waals surface area contributed by atoms with Gasteiger partial charge in [0.25, 0.3) is 0 Å². The molecule has 0 aromatic heterocycles. The molecule has 4 aliphatic rings. The van der Waals surface area contributed by atoms with Gasteiger partial charge in [0.2, 0.25) is 11.8 Å². The molecule has 4 bridgehead atoms. The summed E-state index contributed by atoms with van der Waals surface area (Å²) in [5.74, 6) is 3.15. The van der Waals surface area contributed by atoms with Gasteiger partial charge in [-0.25, -0.2) is 0 Å². The van der Waals surface area contributed by atoms with Crippen LogP contribution in [0.1, 0.15) is 77.7 Å². The Hall–Kier alpha value is -2.04. The van der Waals surface area contributed by atoms with Gasteiger partial charge in [-0.1, -0.05) is 26.8 Å². The van der Waals surface area contributed by atoms with Gasteiger partial charge in [0.05, 0.1) is 12.8 Å². The summed E-state index contributed by atoms with van der Waals surface area (Å²) in [6.07, 6.45) is 8.28. The van der Waals surface area contributed by atoms with E-state index in [9.17, 15) is 9.59 Å². The van der Waals surface area contributed by atoms with Crippen molar-refractivity contribution in [3.63, 3.8) is 0 Å². The highest BCUT2D eigenvalue weighted by atomic mass is 16.5. The van der Waals surface area contributed by atoms with Gasteiger partial charge < -0.3 is 15.4 Å². The monoisotopic (exact) mass is 426 g/mol. The molecule has 4 aliphatic carbocycles. The maximum Gasteiger partial charge on any atom is 0.226 e. The third-order valence-corrected chi connectivity index (χ3v) is 7.73. The number of benzene rings is 1. The van der Waals surface area contributed by atoms with Gasteiger partial charge in [-0.15, -0.1) is 0 Å². The lowest BCUT2D eigenvalue weighted by atomic mass is 9.49. The van der Waals surface area contributed by atoms with Crippen LogP contribution in [0.15, 0.2) is 18.2 Å². The molecule has 5 rings (SSSR count). The van der Waals surface area contributed by atoms with Crippen LogP contribution in [0.3, 0.4) is 0 Å². The molecule has 1 aromatic rings. The highest BCUT2D eigenvalue weighted by Gasteiger charge is 2.54. The fourth-order valence-corrected chi connectivity index (χ4v) is 6.51. The van der Waals surface area contributed by atoms with Crippen molar-refractivity contribution in [3.05, 3.63) is 23.8 Å². The van der Waals surface area contributed by atoms with Crippen LogP contribution in [-0.4, -0.2) is 25.5 Å². The summed E-state index contributed by atoms with van der Waals surface area (Å²) in [7, 11) is 1.61. The molecule has 31 heavy (non-hydrogen) atoms. The van der Waals surface area contributed by atoms with E-state index in [1.165, 1.54) is 19.3 Å². The van der Waals surface area contributed by atoms with Gasteiger partial charge in [0.15, 0.2) is 0 Å². The number of hydrogen-bond donors (Lipinski definition) is 2. The zero-order valence-electron chi connectivity index (χ0n) is 19.6. The first kappa shape index (κ1) is 22.2. The van der Waals surface area contributed by atoms with E-state index < -0.39 is 0 Å². The van der Waals surface area contributed by atoms with E-state index in [-0.39, 0.29) is 22.6 Å². The number of hydrogen-bond acceptors (Lipinski definition) is 3. The number of anilines is 1. The predicted octanol–water partition coefficient (Wildman–Crippen LogP) is 5.04. The molecular weight excluding hydrogens is 388 g/mol. The molecule has 2 amide bonds. The highest BCUT2D eigenvalue weighted by Crippen LogP contribution is 2.60. The summed E-state index contributed by atoms with van der Waals surface area (Å²) in [4.78, 5) is 25.5. The second kappa shape index (κ2) is 8.48.